The molecule has 22 heteroatoms. The standard InChI is InChI=1S/C40H54F2N10O10/c41-40(42)21-29(22-43)52(28-40)34(53)23-45-39(61)31-4-5-44-33-3-2-30(20-32(31)33)62-19-1-6-46-15-17-51(18-16-46)35(54)24-47-7-9-48(25-36(55)56)11-13-50(27-38(59)60)14-12-49(10-8-47)26-37(57)58/h2-5,20,29H,1,6-19,21,23-28H2,(H,45,61)(H,55,56)(H,57,58)(H,59,60). The Balaban J connectivity index is 1.08. The molecular formula is C40H54F2N10O10. The molecule has 62 heavy (non-hydrogen) atoms. The molecule has 338 valence electrons. The number of hydrogen-bond donors (Lipinski definition) is 4. The van der Waals surface area contributed by atoms with E-state index in [1.54, 1.807) is 43.9 Å². The van der Waals surface area contributed by atoms with Gasteiger partial charge in [-0.15, -0.1) is 0 Å². The number of ether oxygens (including phenoxy) is 1. The number of aliphatic carboxylic acids is 3. The van der Waals surface area contributed by atoms with Crippen LogP contribution in [0.4, 0.5) is 8.78 Å². The van der Waals surface area contributed by atoms with E-state index in [0.29, 0.717) is 102 Å². The van der Waals surface area contributed by atoms with Gasteiger partial charge in [-0.05, 0) is 30.7 Å². The first-order chi connectivity index (χ1) is 29.6. The van der Waals surface area contributed by atoms with Gasteiger partial charge in [-0.1, -0.05) is 0 Å². The fourth-order valence-electron chi connectivity index (χ4n) is 7.74. The van der Waals surface area contributed by atoms with Crippen LogP contribution in [0.5, 0.6) is 5.75 Å². The molecule has 0 radical (unpaired) electrons. The van der Waals surface area contributed by atoms with Gasteiger partial charge >= 0.3 is 17.9 Å². The van der Waals surface area contributed by atoms with E-state index >= 15 is 0 Å². The highest BCUT2D eigenvalue weighted by atomic mass is 19.3. The lowest BCUT2D eigenvalue weighted by atomic mass is 10.1. The minimum Gasteiger partial charge on any atom is -0.494 e. The molecule has 1 aromatic heterocycles. The number of likely N-dealkylation sites (tertiary alicyclic amines) is 1. The van der Waals surface area contributed by atoms with Crippen molar-refractivity contribution in [3.8, 4) is 11.8 Å². The quantitative estimate of drug-likeness (QED) is 0.150. The van der Waals surface area contributed by atoms with Crippen molar-refractivity contribution in [3.05, 3.63) is 36.0 Å². The number of benzene rings is 1. The number of halogens is 2. The SMILES string of the molecule is N#CC1CC(F)(F)CN1C(=O)CNC(=O)c1ccnc2ccc(OCCCN3CCN(C(=O)CN4CCN(CC(=O)O)CCN(CC(=O)O)CCN(CC(=O)O)CC4)CC3)cc12. The van der Waals surface area contributed by atoms with E-state index in [2.05, 4.69) is 15.2 Å². The molecule has 20 nitrogen and oxygen atoms in total. The lowest BCUT2D eigenvalue weighted by Gasteiger charge is -2.37. The van der Waals surface area contributed by atoms with Gasteiger partial charge in [0.1, 0.15) is 11.8 Å². The summed E-state index contributed by atoms with van der Waals surface area (Å²) in [4.78, 5) is 90.0. The molecule has 1 aromatic carbocycles. The van der Waals surface area contributed by atoms with E-state index < -0.39 is 61.2 Å². The maximum Gasteiger partial charge on any atom is 0.317 e. The van der Waals surface area contributed by atoms with E-state index in [1.807, 2.05) is 4.90 Å². The number of nitrogens with zero attached hydrogens (tertiary/aromatic N) is 9. The fourth-order valence-corrected chi connectivity index (χ4v) is 7.74. The summed E-state index contributed by atoms with van der Waals surface area (Å²) >= 11 is 0. The van der Waals surface area contributed by atoms with Gasteiger partial charge in [0.2, 0.25) is 11.8 Å². The molecule has 1 atom stereocenters. The zero-order valence-electron chi connectivity index (χ0n) is 34.5. The number of carboxylic acid groups (broad SMARTS) is 3. The lowest BCUT2D eigenvalue weighted by molar-refractivity contribution is -0.141. The highest BCUT2D eigenvalue weighted by Gasteiger charge is 2.47. The minimum absolute atomic E-state index is 0.0758. The predicted molar refractivity (Wildman–Crippen MR) is 217 cm³/mol. The van der Waals surface area contributed by atoms with Crippen molar-refractivity contribution in [2.75, 3.05) is 131 Å². The second-order valence-corrected chi connectivity index (χ2v) is 15.7. The monoisotopic (exact) mass is 872 g/mol. The Kier molecular flexibility index (Phi) is 17.2. The summed E-state index contributed by atoms with van der Waals surface area (Å²) in [5.74, 6) is -7.24. The maximum absolute atomic E-state index is 13.8. The summed E-state index contributed by atoms with van der Waals surface area (Å²) in [6.07, 6.45) is 1.35. The second-order valence-electron chi connectivity index (χ2n) is 15.7. The van der Waals surface area contributed by atoms with Crippen LogP contribution in [0.1, 0.15) is 23.2 Å². The van der Waals surface area contributed by atoms with Gasteiger partial charge in [0.05, 0.1) is 63.0 Å². The first kappa shape index (κ1) is 47.4. The molecule has 2 aromatic rings. The highest BCUT2D eigenvalue weighted by molar-refractivity contribution is 6.07. The molecule has 4 heterocycles. The number of amides is 3. The van der Waals surface area contributed by atoms with Crippen LogP contribution in [0, 0.1) is 11.3 Å². The number of pyridine rings is 1. The third-order valence-electron chi connectivity index (χ3n) is 11.1. The summed E-state index contributed by atoms with van der Waals surface area (Å²) < 4.78 is 33.6. The molecule has 3 fully saturated rings. The Labute approximate surface area is 357 Å². The summed E-state index contributed by atoms with van der Waals surface area (Å²) in [6.45, 7) is 3.73. The molecule has 1 unspecified atom stereocenters. The van der Waals surface area contributed by atoms with E-state index in [4.69, 9.17) is 4.74 Å². The Morgan fingerprint density at radius 3 is 1.82 bits per heavy atom. The Morgan fingerprint density at radius 1 is 0.758 bits per heavy atom. The number of rotatable bonds is 16. The van der Waals surface area contributed by atoms with E-state index in [1.165, 1.54) is 12.3 Å². The van der Waals surface area contributed by atoms with Crippen molar-refractivity contribution >= 4 is 46.5 Å². The summed E-state index contributed by atoms with van der Waals surface area (Å²) in [5, 5.41) is 40.5. The average molecular weight is 873 g/mol. The number of nitriles is 1. The Morgan fingerprint density at radius 2 is 1.29 bits per heavy atom. The molecule has 3 aliphatic heterocycles. The number of carboxylic acids is 3. The fraction of sp³-hybridized carbons (Fsp3) is 0.600. The van der Waals surface area contributed by atoms with E-state index in [9.17, 15) is 58.1 Å². The van der Waals surface area contributed by atoms with Gasteiger partial charge in [0.25, 0.3) is 11.8 Å². The van der Waals surface area contributed by atoms with Crippen molar-refractivity contribution in [2.24, 2.45) is 0 Å². The minimum atomic E-state index is -3.17. The van der Waals surface area contributed by atoms with Crippen molar-refractivity contribution in [1.82, 2.24) is 44.6 Å². The van der Waals surface area contributed by atoms with Gasteiger partial charge in [-0.25, -0.2) is 8.78 Å². The number of carbonyl (C=O) groups is 6. The normalized spacial score (nSPS) is 20.2. The highest BCUT2D eigenvalue weighted by Crippen LogP contribution is 2.31. The molecule has 3 saturated heterocycles. The maximum atomic E-state index is 13.8. The van der Waals surface area contributed by atoms with Crippen LogP contribution in [-0.4, -0.2) is 233 Å². The van der Waals surface area contributed by atoms with Gasteiger partial charge in [0, 0.05) is 103 Å². The molecule has 0 saturated carbocycles. The summed E-state index contributed by atoms with van der Waals surface area (Å²) in [5.41, 5.74) is 0.709. The first-order valence-electron chi connectivity index (χ1n) is 20.5. The van der Waals surface area contributed by atoms with Crippen molar-refractivity contribution in [3.63, 3.8) is 0 Å². The average Bonchev–Trinajstić information content (AvgIpc) is 3.55. The number of fused-ring (bicyclic) bond motifs is 1. The number of aromatic nitrogens is 1. The van der Waals surface area contributed by atoms with Crippen LogP contribution in [0.15, 0.2) is 30.5 Å². The molecular weight excluding hydrogens is 818 g/mol. The Hall–Kier alpha value is -5.60. The second kappa shape index (κ2) is 22.5. The Bertz CT molecular complexity index is 1930. The molecule has 0 spiro atoms. The number of piperazine rings is 1. The van der Waals surface area contributed by atoms with Crippen molar-refractivity contribution in [1.29, 1.82) is 5.26 Å². The smallest absolute Gasteiger partial charge is 0.317 e. The van der Waals surface area contributed by atoms with Crippen molar-refractivity contribution in [2.45, 2.75) is 24.8 Å². The molecule has 3 amide bonds. The van der Waals surface area contributed by atoms with Crippen molar-refractivity contribution < 1.29 is 57.6 Å². The largest absolute Gasteiger partial charge is 0.494 e. The number of carbonyl (C=O) groups excluding carboxylic acids is 3. The summed E-state index contributed by atoms with van der Waals surface area (Å²) in [7, 11) is 0. The summed E-state index contributed by atoms with van der Waals surface area (Å²) in [6, 6.07) is 7.01. The van der Waals surface area contributed by atoms with Crippen LogP contribution < -0.4 is 10.1 Å². The first-order valence-corrected chi connectivity index (χ1v) is 20.5. The van der Waals surface area contributed by atoms with Gasteiger partial charge < -0.3 is 35.2 Å². The van der Waals surface area contributed by atoms with Gasteiger partial charge in [0.15, 0.2) is 0 Å². The molecule has 5 rings (SSSR count). The van der Waals surface area contributed by atoms with Crippen LogP contribution in [0.3, 0.4) is 0 Å². The number of nitrogens with one attached hydrogen (secondary N) is 1. The van der Waals surface area contributed by atoms with Crippen LogP contribution in [0.25, 0.3) is 10.9 Å². The number of alkyl halides is 2. The zero-order chi connectivity index (χ0) is 44.8. The van der Waals surface area contributed by atoms with Gasteiger partial charge in [-0.2, -0.15) is 5.26 Å². The third kappa shape index (κ3) is 14.5. The lowest BCUT2D eigenvalue weighted by Crippen LogP contribution is -2.53. The molecule has 3 aliphatic rings. The molecule has 4 N–H and O–H groups in total. The predicted octanol–water partition coefficient (Wildman–Crippen LogP) is -0.887. The molecule has 0 aliphatic carbocycles. The van der Waals surface area contributed by atoms with Crippen LogP contribution in [0.2, 0.25) is 0 Å². The topological polar surface area (TPSA) is 244 Å². The third-order valence-corrected chi connectivity index (χ3v) is 11.1. The molecule has 0 bridgehead atoms. The number of hydrogen-bond acceptors (Lipinski definition) is 14. The van der Waals surface area contributed by atoms with Gasteiger partial charge in [-0.3, -0.25) is 58.3 Å². The van der Waals surface area contributed by atoms with Crippen LogP contribution >= 0.6 is 0 Å². The zero-order valence-corrected chi connectivity index (χ0v) is 34.5. The van der Waals surface area contributed by atoms with E-state index in [0.717, 1.165) is 4.90 Å². The van der Waals surface area contributed by atoms with Crippen LogP contribution in [-0.2, 0) is 24.0 Å². The van der Waals surface area contributed by atoms with E-state index in [-0.39, 0.29) is 50.7 Å².